The number of carbonyl (C=O) groups is 2. The number of aliphatic carboxylic acids is 1. The predicted molar refractivity (Wildman–Crippen MR) is 83.9 cm³/mol. The Kier molecular flexibility index (Phi) is 7.69. The molecule has 110 valence electrons. The summed E-state index contributed by atoms with van der Waals surface area (Å²) in [6.07, 6.45) is 1.37. The van der Waals surface area contributed by atoms with Crippen LogP contribution in [0.1, 0.15) is 19.8 Å². The van der Waals surface area contributed by atoms with Crippen molar-refractivity contribution in [2.24, 2.45) is 5.92 Å². The predicted octanol–water partition coefficient (Wildman–Crippen LogP) is 3.16. The van der Waals surface area contributed by atoms with Gasteiger partial charge in [0.05, 0.1) is 11.7 Å². The van der Waals surface area contributed by atoms with Crippen molar-refractivity contribution in [3.8, 4) is 0 Å². The second-order valence-electron chi connectivity index (χ2n) is 4.37. The Balaban J connectivity index is 2.32. The Hall–Kier alpha value is -1.01. The number of rotatable bonds is 8. The highest BCUT2D eigenvalue weighted by Crippen LogP contribution is 2.20. The van der Waals surface area contributed by atoms with Gasteiger partial charge in [-0.1, -0.05) is 29.3 Å². The van der Waals surface area contributed by atoms with E-state index in [0.717, 1.165) is 15.8 Å². The molecule has 0 aliphatic carbocycles. The lowest BCUT2D eigenvalue weighted by atomic mass is 10.0. The van der Waals surface area contributed by atoms with E-state index in [4.69, 9.17) is 5.11 Å². The molecule has 0 aliphatic rings. The van der Waals surface area contributed by atoms with E-state index in [1.807, 2.05) is 31.2 Å². The van der Waals surface area contributed by atoms with Gasteiger partial charge in [-0.3, -0.25) is 9.59 Å². The van der Waals surface area contributed by atoms with Gasteiger partial charge < -0.3 is 10.4 Å². The lowest BCUT2D eigenvalue weighted by Gasteiger charge is -2.12. The van der Waals surface area contributed by atoms with Crippen LogP contribution in [0.15, 0.2) is 33.6 Å². The number of benzene rings is 1. The summed E-state index contributed by atoms with van der Waals surface area (Å²) in [5.74, 6) is -1.20. The standard InChI is InChI=1S/C14H18BrNO3S/c1-2-3-10(14(18)19)8-16-13(17)9-20-12-6-4-11(15)5-7-12/h4-7,10H,2-3,8-9H2,1H3,(H,16,17)(H,18,19). The third-order valence-electron chi connectivity index (χ3n) is 2.72. The highest BCUT2D eigenvalue weighted by molar-refractivity contribution is 9.10. The minimum absolute atomic E-state index is 0.139. The highest BCUT2D eigenvalue weighted by atomic mass is 79.9. The van der Waals surface area contributed by atoms with Gasteiger partial charge in [0.15, 0.2) is 0 Å². The summed E-state index contributed by atoms with van der Waals surface area (Å²) in [4.78, 5) is 23.6. The molecule has 0 saturated carbocycles. The summed E-state index contributed by atoms with van der Waals surface area (Å²) in [5.41, 5.74) is 0. The van der Waals surface area contributed by atoms with Crippen molar-refractivity contribution in [1.82, 2.24) is 5.32 Å². The minimum Gasteiger partial charge on any atom is -0.481 e. The Bertz CT molecular complexity index is 450. The van der Waals surface area contributed by atoms with E-state index >= 15 is 0 Å². The van der Waals surface area contributed by atoms with Gasteiger partial charge >= 0.3 is 5.97 Å². The minimum atomic E-state index is -0.854. The summed E-state index contributed by atoms with van der Waals surface area (Å²) >= 11 is 4.78. The lowest BCUT2D eigenvalue weighted by molar-refractivity contribution is -0.141. The van der Waals surface area contributed by atoms with Crippen LogP contribution in [0.3, 0.4) is 0 Å². The maximum absolute atomic E-state index is 11.7. The fraction of sp³-hybridized carbons (Fsp3) is 0.429. The number of thioether (sulfide) groups is 1. The molecule has 0 aromatic heterocycles. The summed E-state index contributed by atoms with van der Waals surface area (Å²) in [6.45, 7) is 2.13. The zero-order chi connectivity index (χ0) is 15.0. The van der Waals surface area contributed by atoms with Crippen molar-refractivity contribution in [1.29, 1.82) is 0 Å². The van der Waals surface area contributed by atoms with E-state index in [-0.39, 0.29) is 12.5 Å². The first-order chi connectivity index (χ1) is 9.52. The van der Waals surface area contributed by atoms with E-state index in [1.54, 1.807) is 0 Å². The van der Waals surface area contributed by atoms with Gasteiger partial charge in [-0.2, -0.15) is 0 Å². The number of nitrogens with one attached hydrogen (secondary N) is 1. The molecule has 0 fully saturated rings. The van der Waals surface area contributed by atoms with Crippen LogP contribution < -0.4 is 5.32 Å². The third-order valence-corrected chi connectivity index (χ3v) is 4.26. The summed E-state index contributed by atoms with van der Waals surface area (Å²) in [7, 11) is 0. The SMILES string of the molecule is CCCC(CNC(=O)CSc1ccc(Br)cc1)C(=O)O. The van der Waals surface area contributed by atoms with Crippen LogP contribution in [-0.2, 0) is 9.59 Å². The molecule has 1 aromatic rings. The maximum Gasteiger partial charge on any atom is 0.308 e. The second kappa shape index (κ2) is 9.02. The number of halogens is 1. The van der Waals surface area contributed by atoms with Crippen LogP contribution >= 0.6 is 27.7 Å². The van der Waals surface area contributed by atoms with E-state index in [9.17, 15) is 9.59 Å². The Morgan fingerprint density at radius 2 is 2.00 bits per heavy atom. The van der Waals surface area contributed by atoms with Gasteiger partial charge in [0.25, 0.3) is 0 Å². The molecule has 0 spiro atoms. The summed E-state index contributed by atoms with van der Waals surface area (Å²) in [5, 5.41) is 11.7. The van der Waals surface area contributed by atoms with Crippen LogP contribution in [0.25, 0.3) is 0 Å². The van der Waals surface area contributed by atoms with Gasteiger partial charge in [0.1, 0.15) is 0 Å². The number of hydrogen-bond donors (Lipinski definition) is 2. The van der Waals surface area contributed by atoms with Crippen molar-refractivity contribution in [2.45, 2.75) is 24.7 Å². The first-order valence-corrected chi connectivity index (χ1v) is 8.18. The topological polar surface area (TPSA) is 66.4 Å². The van der Waals surface area contributed by atoms with Gasteiger partial charge in [-0.05, 0) is 30.7 Å². The molecule has 0 radical (unpaired) electrons. The average Bonchev–Trinajstić information content (AvgIpc) is 2.42. The monoisotopic (exact) mass is 359 g/mol. The molecular weight excluding hydrogens is 342 g/mol. The fourth-order valence-electron chi connectivity index (χ4n) is 1.63. The number of carboxylic acid groups (broad SMARTS) is 1. The van der Waals surface area contributed by atoms with Crippen molar-refractivity contribution in [3.63, 3.8) is 0 Å². The molecule has 0 saturated heterocycles. The third kappa shape index (κ3) is 6.43. The van der Waals surface area contributed by atoms with Crippen LogP contribution in [0.4, 0.5) is 0 Å². The van der Waals surface area contributed by atoms with Crippen molar-refractivity contribution < 1.29 is 14.7 Å². The van der Waals surface area contributed by atoms with Crippen molar-refractivity contribution >= 4 is 39.6 Å². The molecule has 0 heterocycles. The van der Waals surface area contributed by atoms with Crippen LogP contribution in [0.5, 0.6) is 0 Å². The van der Waals surface area contributed by atoms with Gasteiger partial charge in [-0.15, -0.1) is 11.8 Å². The van der Waals surface area contributed by atoms with Crippen LogP contribution in [0, 0.1) is 5.92 Å². The first-order valence-electron chi connectivity index (χ1n) is 6.40. The summed E-state index contributed by atoms with van der Waals surface area (Å²) < 4.78 is 0.996. The largest absolute Gasteiger partial charge is 0.481 e. The molecule has 0 bridgehead atoms. The van der Waals surface area contributed by atoms with Crippen LogP contribution in [0.2, 0.25) is 0 Å². The molecule has 1 unspecified atom stereocenters. The maximum atomic E-state index is 11.7. The van der Waals surface area contributed by atoms with E-state index < -0.39 is 11.9 Å². The normalized spacial score (nSPS) is 11.9. The number of amides is 1. The average molecular weight is 360 g/mol. The molecule has 6 heteroatoms. The van der Waals surface area contributed by atoms with Crippen molar-refractivity contribution in [2.75, 3.05) is 12.3 Å². The van der Waals surface area contributed by atoms with E-state index in [1.165, 1.54) is 11.8 Å². The van der Waals surface area contributed by atoms with E-state index in [0.29, 0.717) is 12.2 Å². The van der Waals surface area contributed by atoms with Gasteiger partial charge in [-0.25, -0.2) is 0 Å². The molecule has 20 heavy (non-hydrogen) atoms. The zero-order valence-corrected chi connectivity index (χ0v) is 13.7. The number of hydrogen-bond acceptors (Lipinski definition) is 3. The first kappa shape index (κ1) is 17.0. The smallest absolute Gasteiger partial charge is 0.308 e. The van der Waals surface area contributed by atoms with Gasteiger partial charge in [0, 0.05) is 15.9 Å². The van der Waals surface area contributed by atoms with E-state index in [2.05, 4.69) is 21.2 Å². The van der Waals surface area contributed by atoms with Gasteiger partial charge in [0.2, 0.25) is 5.91 Å². The molecule has 2 N–H and O–H groups in total. The molecule has 1 rings (SSSR count). The van der Waals surface area contributed by atoms with Crippen LogP contribution in [-0.4, -0.2) is 29.3 Å². The number of carboxylic acids is 1. The molecular formula is C14H18BrNO3S. The molecule has 1 amide bonds. The molecule has 1 atom stereocenters. The number of carbonyl (C=O) groups excluding carboxylic acids is 1. The fourth-order valence-corrected chi connectivity index (χ4v) is 2.62. The Morgan fingerprint density at radius 3 is 2.55 bits per heavy atom. The Labute approximate surface area is 131 Å². The summed E-state index contributed by atoms with van der Waals surface area (Å²) in [6, 6.07) is 7.70. The second-order valence-corrected chi connectivity index (χ2v) is 6.33. The Morgan fingerprint density at radius 1 is 1.35 bits per heavy atom. The highest BCUT2D eigenvalue weighted by Gasteiger charge is 2.17. The van der Waals surface area contributed by atoms with Crippen molar-refractivity contribution in [3.05, 3.63) is 28.7 Å². The molecule has 0 aliphatic heterocycles. The molecule has 4 nitrogen and oxygen atoms in total. The zero-order valence-electron chi connectivity index (χ0n) is 11.3. The molecule has 1 aromatic carbocycles. The quantitative estimate of drug-likeness (QED) is 0.699. The lowest BCUT2D eigenvalue weighted by Crippen LogP contribution is -2.33.